The van der Waals surface area contributed by atoms with Gasteiger partial charge in [-0.15, -0.1) is 11.3 Å². The van der Waals surface area contributed by atoms with Crippen molar-refractivity contribution in [3.8, 4) is 22.9 Å². The van der Waals surface area contributed by atoms with Crippen LogP contribution in [0, 0.1) is 28.9 Å². The van der Waals surface area contributed by atoms with Crippen molar-refractivity contribution >= 4 is 64.0 Å². The summed E-state index contributed by atoms with van der Waals surface area (Å²) in [4.78, 5) is 66.3. The molecule has 4 aromatic rings. The van der Waals surface area contributed by atoms with E-state index in [2.05, 4.69) is 5.32 Å². The van der Waals surface area contributed by atoms with Crippen molar-refractivity contribution < 1.29 is 46.8 Å². The summed E-state index contributed by atoms with van der Waals surface area (Å²) in [5.74, 6) is -3.55. The maximum Gasteiger partial charge on any atom is 0.306 e. The van der Waals surface area contributed by atoms with Gasteiger partial charge in [-0.2, -0.15) is 0 Å². The van der Waals surface area contributed by atoms with Crippen molar-refractivity contribution in [2.24, 2.45) is 17.3 Å². The second-order valence-corrected chi connectivity index (χ2v) is 23.3. The van der Waals surface area contributed by atoms with Crippen LogP contribution < -0.4 is 14.8 Å². The Bertz CT molecular complexity index is 2440. The standard InChI is InChI=1S/C48H60ClF2N4O8PS/c1-28(2)52-46-54-37(26-65-46)36-21-41(32-17-18-40(61-6)43(49)44(32)53-36)63-31-20-38-39(56)23-48(64(59,60)25-33-34(50)15-12-16-35(33)51)22-30(48)14-11-9-7-8-10-13-29(45(58)55(38)24-31)19-42(57)62-27-47(3,4)5/h12,15-18,21,26,28-31,38H,7-11,13-14,19-20,22-25,27H2,1-6H3,(H,52,54)(H,59,60)/t29?,30-,31+,38-,48+/m0/s1. The molecule has 1 saturated carbocycles. The number of aromatic nitrogens is 2. The number of benzene rings is 2. The fraction of sp³-hybridized carbons (Fsp3) is 0.562. The highest BCUT2D eigenvalue weighted by atomic mass is 35.5. The lowest BCUT2D eigenvalue weighted by Crippen LogP contribution is -2.45. The Morgan fingerprint density at radius 2 is 1.75 bits per heavy atom. The lowest BCUT2D eigenvalue weighted by molar-refractivity contribution is -0.152. The number of carbonyl (C=O) groups is 3. The molecule has 6 atom stereocenters. The number of rotatable bonds is 12. The second kappa shape index (κ2) is 20.0. The number of halogens is 3. The van der Waals surface area contributed by atoms with Gasteiger partial charge in [-0.1, -0.05) is 70.5 Å². The summed E-state index contributed by atoms with van der Waals surface area (Å²) in [7, 11) is -2.94. The summed E-state index contributed by atoms with van der Waals surface area (Å²) >= 11 is 8.30. The number of methoxy groups -OCH3 is 1. The number of anilines is 1. The van der Waals surface area contributed by atoms with Crippen molar-refractivity contribution in [3.63, 3.8) is 0 Å². The summed E-state index contributed by atoms with van der Waals surface area (Å²) in [5.41, 5.74) is 0.656. The summed E-state index contributed by atoms with van der Waals surface area (Å²) in [6.07, 6.45) is 3.10. The first kappa shape index (κ1) is 48.8. The number of hydrogen-bond acceptors (Lipinski definition) is 11. The van der Waals surface area contributed by atoms with Crippen LogP contribution in [0.4, 0.5) is 13.9 Å². The lowest BCUT2D eigenvalue weighted by atomic mass is 9.94. The number of pyridine rings is 1. The highest BCUT2D eigenvalue weighted by Gasteiger charge is 2.66. The molecule has 3 fully saturated rings. The Labute approximate surface area is 388 Å². The van der Waals surface area contributed by atoms with E-state index in [-0.39, 0.29) is 61.2 Å². The number of carbonyl (C=O) groups excluding carboxylic acids is 3. The molecule has 0 spiro atoms. The van der Waals surface area contributed by atoms with Crippen LogP contribution in [0.2, 0.25) is 5.02 Å². The quantitative estimate of drug-likeness (QED) is 0.103. The molecule has 352 valence electrons. The Morgan fingerprint density at radius 1 is 1.05 bits per heavy atom. The first-order chi connectivity index (χ1) is 30.8. The molecule has 3 aliphatic rings. The number of nitrogens with one attached hydrogen (secondary N) is 1. The number of ketones is 1. The predicted molar refractivity (Wildman–Crippen MR) is 249 cm³/mol. The van der Waals surface area contributed by atoms with Crippen molar-refractivity contribution in [2.75, 3.05) is 25.6 Å². The molecule has 17 heteroatoms. The third-order valence-electron chi connectivity index (χ3n) is 12.8. The Kier molecular flexibility index (Phi) is 15.0. The number of nitrogens with zero attached hydrogens (tertiary/aromatic N) is 3. The lowest BCUT2D eigenvalue weighted by Gasteiger charge is -2.30. The number of amides is 1. The molecular formula is C48H60ClF2N4O8PS. The average molecular weight is 958 g/mol. The highest BCUT2D eigenvalue weighted by molar-refractivity contribution is 7.59. The molecule has 4 heterocycles. The largest absolute Gasteiger partial charge is 0.495 e. The number of ether oxygens (including phenoxy) is 3. The first-order valence-electron chi connectivity index (χ1n) is 22.6. The van der Waals surface area contributed by atoms with Gasteiger partial charge in [-0.25, -0.2) is 18.7 Å². The van der Waals surface area contributed by atoms with Crippen LogP contribution in [-0.2, 0) is 29.8 Å². The minimum absolute atomic E-state index is 0.0291. The van der Waals surface area contributed by atoms with Crippen molar-refractivity contribution in [1.82, 2.24) is 14.9 Å². The molecule has 2 saturated heterocycles. The highest BCUT2D eigenvalue weighted by Crippen LogP contribution is 2.75. The zero-order valence-electron chi connectivity index (χ0n) is 38.0. The smallest absolute Gasteiger partial charge is 0.306 e. The summed E-state index contributed by atoms with van der Waals surface area (Å²) in [5, 5.41) is 5.27. The molecule has 7 rings (SSSR count). The molecule has 2 aromatic carbocycles. The van der Waals surface area contributed by atoms with Crippen LogP contribution in [0.5, 0.6) is 11.5 Å². The number of thiazole rings is 1. The van der Waals surface area contributed by atoms with Crippen LogP contribution in [-0.4, -0.2) is 81.0 Å². The van der Waals surface area contributed by atoms with E-state index in [0.29, 0.717) is 58.2 Å². The second-order valence-electron chi connectivity index (χ2n) is 19.5. The monoisotopic (exact) mass is 956 g/mol. The van der Waals surface area contributed by atoms with Gasteiger partial charge >= 0.3 is 5.97 Å². The van der Waals surface area contributed by atoms with Crippen molar-refractivity contribution in [2.45, 2.75) is 135 Å². The number of esters is 1. The van der Waals surface area contributed by atoms with Crippen molar-refractivity contribution in [1.29, 1.82) is 0 Å². The van der Waals surface area contributed by atoms with E-state index in [9.17, 15) is 32.6 Å². The molecule has 1 aliphatic carbocycles. The topological polar surface area (TPSA) is 157 Å². The summed E-state index contributed by atoms with van der Waals surface area (Å²) in [6.45, 7) is 10.0. The first-order valence-corrected chi connectivity index (χ1v) is 25.7. The van der Waals surface area contributed by atoms with Gasteiger partial charge in [0.2, 0.25) is 13.3 Å². The van der Waals surface area contributed by atoms with Gasteiger partial charge in [0, 0.05) is 47.2 Å². The molecule has 2 aliphatic heterocycles. The van der Waals surface area contributed by atoms with Gasteiger partial charge in [0.05, 0.1) is 55.3 Å². The molecule has 1 amide bonds. The molecule has 2 aromatic heterocycles. The van der Waals surface area contributed by atoms with E-state index in [1.54, 1.807) is 18.2 Å². The SMILES string of the molecule is COc1ccc2c(O[C@@H]3C[C@H]4C(=O)C[C@]5(P(=O)(O)Cc6c(F)cccc6F)C[C@@H]5CCCCCCCC(CC(=O)OCC(C)(C)C)C(=O)N4C3)cc(-c3csc(NC(C)C)n3)nc2c1Cl. The molecule has 0 radical (unpaired) electrons. The maximum atomic E-state index is 15.0. The van der Waals surface area contributed by atoms with Gasteiger partial charge in [-0.3, -0.25) is 18.9 Å². The minimum Gasteiger partial charge on any atom is -0.495 e. The third kappa shape index (κ3) is 11.2. The number of hydrogen-bond donors (Lipinski definition) is 2. The Morgan fingerprint density at radius 3 is 2.45 bits per heavy atom. The normalized spacial score (nSPS) is 24.1. The summed E-state index contributed by atoms with van der Waals surface area (Å²) < 4.78 is 62.6. The van der Waals surface area contributed by atoms with Gasteiger partial charge < -0.3 is 29.3 Å². The fourth-order valence-corrected chi connectivity index (χ4v) is 13.1. The van der Waals surface area contributed by atoms with Crippen molar-refractivity contribution in [3.05, 3.63) is 64.0 Å². The molecule has 12 nitrogen and oxygen atoms in total. The van der Waals surface area contributed by atoms with Crippen LogP contribution in [0.1, 0.15) is 111 Å². The van der Waals surface area contributed by atoms with E-state index >= 15 is 0 Å². The zero-order chi connectivity index (χ0) is 46.8. The Hall–Kier alpha value is -4.17. The van der Waals surface area contributed by atoms with Crippen LogP contribution in [0.3, 0.4) is 0 Å². The van der Waals surface area contributed by atoms with E-state index < -0.39 is 71.6 Å². The van der Waals surface area contributed by atoms with Gasteiger partial charge in [0.1, 0.15) is 40.0 Å². The molecule has 65 heavy (non-hydrogen) atoms. The number of fused-ring (bicyclic) bond motifs is 3. The van der Waals surface area contributed by atoms with Gasteiger partial charge in [0.15, 0.2) is 10.9 Å². The third-order valence-corrected chi connectivity index (χ3v) is 16.8. The number of Topliss-reactive ketones (excluding diaryl/α,β-unsaturated/α-hetero) is 1. The van der Waals surface area contributed by atoms with Gasteiger partial charge in [0.25, 0.3) is 0 Å². The average Bonchev–Trinajstić information content (AvgIpc) is 3.51. The molecule has 2 N–H and O–H groups in total. The predicted octanol–water partition coefficient (Wildman–Crippen LogP) is 11.0. The van der Waals surface area contributed by atoms with E-state index in [1.165, 1.54) is 29.4 Å². The molecule has 0 bridgehead atoms. The van der Waals surface area contributed by atoms with Crippen LogP contribution in [0.15, 0.2) is 41.8 Å². The van der Waals surface area contributed by atoms with Crippen LogP contribution >= 0.6 is 30.3 Å². The van der Waals surface area contributed by atoms with Gasteiger partial charge in [-0.05, 0) is 68.7 Å². The van der Waals surface area contributed by atoms with Crippen LogP contribution in [0.25, 0.3) is 22.3 Å². The van der Waals surface area contributed by atoms with E-state index in [0.717, 1.165) is 37.8 Å². The van der Waals surface area contributed by atoms with E-state index in [4.69, 9.17) is 35.8 Å². The maximum absolute atomic E-state index is 15.0. The molecule has 2 unspecified atom stereocenters. The molecular weight excluding hydrogens is 897 g/mol. The fourth-order valence-electron chi connectivity index (χ4n) is 9.31. The zero-order valence-corrected chi connectivity index (χ0v) is 40.4. The summed E-state index contributed by atoms with van der Waals surface area (Å²) in [6, 6.07) is 7.59. The van der Waals surface area contributed by atoms with E-state index in [1.807, 2.05) is 40.0 Å². The minimum atomic E-state index is -4.44. The Balaban J connectivity index is 1.25.